The van der Waals surface area contributed by atoms with Gasteiger partial charge < -0.3 is 14.8 Å². The van der Waals surface area contributed by atoms with Crippen molar-refractivity contribution in [3.8, 4) is 11.5 Å². The molecule has 22 heavy (non-hydrogen) atoms. The van der Waals surface area contributed by atoms with E-state index in [0.717, 1.165) is 48.8 Å². The van der Waals surface area contributed by atoms with Crippen molar-refractivity contribution in [2.45, 2.75) is 33.4 Å². The lowest BCUT2D eigenvalue weighted by molar-refractivity contribution is 0.396. The summed E-state index contributed by atoms with van der Waals surface area (Å²) in [5, 5.41) is 7.92. The van der Waals surface area contributed by atoms with Gasteiger partial charge in [0.1, 0.15) is 11.5 Å². The molecule has 0 saturated heterocycles. The van der Waals surface area contributed by atoms with E-state index in [1.54, 1.807) is 14.2 Å². The van der Waals surface area contributed by atoms with E-state index in [4.69, 9.17) is 9.47 Å². The number of nitrogens with one attached hydrogen (secondary N) is 1. The maximum Gasteiger partial charge on any atom is 0.123 e. The van der Waals surface area contributed by atoms with Gasteiger partial charge in [0.05, 0.1) is 19.9 Å². The zero-order chi connectivity index (χ0) is 15.9. The van der Waals surface area contributed by atoms with E-state index in [2.05, 4.69) is 28.1 Å². The maximum atomic E-state index is 5.38. The Morgan fingerprint density at radius 1 is 1.14 bits per heavy atom. The minimum Gasteiger partial charge on any atom is -0.497 e. The molecule has 0 aliphatic carbocycles. The maximum absolute atomic E-state index is 5.38. The van der Waals surface area contributed by atoms with Gasteiger partial charge in [-0.05, 0) is 51.1 Å². The van der Waals surface area contributed by atoms with Crippen LogP contribution in [0.25, 0.3) is 0 Å². The van der Waals surface area contributed by atoms with Gasteiger partial charge in [0.2, 0.25) is 0 Å². The first-order valence-corrected chi connectivity index (χ1v) is 7.56. The number of methoxy groups -OCH3 is 2. The van der Waals surface area contributed by atoms with Crippen molar-refractivity contribution < 1.29 is 9.47 Å². The van der Waals surface area contributed by atoms with Gasteiger partial charge in [0, 0.05) is 24.3 Å². The number of nitrogens with zero attached hydrogens (tertiary/aromatic N) is 2. The lowest BCUT2D eigenvalue weighted by atomic mass is 10.2. The van der Waals surface area contributed by atoms with Crippen LogP contribution in [-0.4, -0.2) is 30.5 Å². The molecule has 0 spiro atoms. The largest absolute Gasteiger partial charge is 0.497 e. The first-order valence-electron chi connectivity index (χ1n) is 7.56. The summed E-state index contributed by atoms with van der Waals surface area (Å²) in [5.74, 6) is 1.73. The SMILES string of the molecule is COc1ccc(OC)c(CNCCCn2nc(C)cc2C)c1. The molecule has 1 aromatic heterocycles. The predicted octanol–water partition coefficient (Wildman–Crippen LogP) is 2.70. The van der Waals surface area contributed by atoms with Crippen LogP contribution in [0.4, 0.5) is 0 Å². The van der Waals surface area contributed by atoms with E-state index in [9.17, 15) is 0 Å². The zero-order valence-electron chi connectivity index (χ0n) is 13.8. The minimum atomic E-state index is 0.761. The Hall–Kier alpha value is -2.01. The Kier molecular flexibility index (Phi) is 5.83. The Bertz CT molecular complexity index is 608. The number of hydrogen-bond acceptors (Lipinski definition) is 4. The van der Waals surface area contributed by atoms with Crippen molar-refractivity contribution in [3.63, 3.8) is 0 Å². The van der Waals surface area contributed by atoms with Crippen LogP contribution in [-0.2, 0) is 13.1 Å². The molecule has 1 N–H and O–H groups in total. The fourth-order valence-corrected chi connectivity index (χ4v) is 2.50. The molecule has 5 nitrogen and oxygen atoms in total. The van der Waals surface area contributed by atoms with Crippen LogP contribution in [0, 0.1) is 13.8 Å². The van der Waals surface area contributed by atoms with Gasteiger partial charge in [0.25, 0.3) is 0 Å². The number of hydrogen-bond donors (Lipinski definition) is 1. The molecule has 0 fully saturated rings. The molecule has 0 aliphatic heterocycles. The van der Waals surface area contributed by atoms with E-state index in [1.807, 2.05) is 25.1 Å². The highest BCUT2D eigenvalue weighted by atomic mass is 16.5. The molecule has 0 radical (unpaired) electrons. The van der Waals surface area contributed by atoms with Crippen LogP contribution in [0.3, 0.4) is 0 Å². The van der Waals surface area contributed by atoms with Crippen molar-refractivity contribution in [1.29, 1.82) is 0 Å². The summed E-state index contributed by atoms with van der Waals surface area (Å²) >= 11 is 0. The molecule has 0 atom stereocenters. The van der Waals surface area contributed by atoms with E-state index >= 15 is 0 Å². The van der Waals surface area contributed by atoms with E-state index in [-0.39, 0.29) is 0 Å². The second-order valence-electron chi connectivity index (χ2n) is 5.36. The second-order valence-corrected chi connectivity index (χ2v) is 5.36. The predicted molar refractivity (Wildman–Crippen MR) is 87.6 cm³/mol. The van der Waals surface area contributed by atoms with Gasteiger partial charge in [-0.1, -0.05) is 0 Å². The molecule has 0 amide bonds. The molecule has 0 bridgehead atoms. The summed E-state index contributed by atoms with van der Waals surface area (Å²) in [6, 6.07) is 7.96. The third-order valence-corrected chi connectivity index (χ3v) is 3.63. The van der Waals surface area contributed by atoms with Crippen molar-refractivity contribution in [2.75, 3.05) is 20.8 Å². The third kappa shape index (κ3) is 4.24. The Morgan fingerprint density at radius 2 is 1.95 bits per heavy atom. The third-order valence-electron chi connectivity index (χ3n) is 3.63. The molecular formula is C17H25N3O2. The molecule has 0 saturated carbocycles. The van der Waals surface area contributed by atoms with E-state index in [0.29, 0.717) is 0 Å². The molecule has 1 aromatic carbocycles. The topological polar surface area (TPSA) is 48.3 Å². The monoisotopic (exact) mass is 303 g/mol. The molecule has 5 heteroatoms. The molecular weight excluding hydrogens is 278 g/mol. The molecule has 0 aliphatic rings. The van der Waals surface area contributed by atoms with Crippen molar-refractivity contribution in [1.82, 2.24) is 15.1 Å². The normalized spacial score (nSPS) is 10.7. The summed E-state index contributed by atoms with van der Waals surface area (Å²) in [5.41, 5.74) is 3.39. The van der Waals surface area contributed by atoms with Gasteiger partial charge in [-0.3, -0.25) is 4.68 Å². The van der Waals surface area contributed by atoms with Gasteiger partial charge in [-0.2, -0.15) is 5.10 Å². The highest BCUT2D eigenvalue weighted by molar-refractivity contribution is 5.40. The smallest absolute Gasteiger partial charge is 0.123 e. The fourth-order valence-electron chi connectivity index (χ4n) is 2.50. The van der Waals surface area contributed by atoms with E-state index in [1.165, 1.54) is 5.69 Å². The standard InChI is InChI=1S/C17H25N3O2/c1-13-10-14(2)20(19-13)9-5-8-18-12-15-11-16(21-3)6-7-17(15)22-4/h6-7,10-11,18H,5,8-9,12H2,1-4H3. The first kappa shape index (κ1) is 16.4. The molecule has 0 unspecified atom stereocenters. The summed E-state index contributed by atoms with van der Waals surface area (Å²) in [7, 11) is 3.36. The summed E-state index contributed by atoms with van der Waals surface area (Å²) in [6.45, 7) is 6.74. The van der Waals surface area contributed by atoms with Crippen LogP contribution in [0.5, 0.6) is 11.5 Å². The van der Waals surface area contributed by atoms with Crippen molar-refractivity contribution in [2.24, 2.45) is 0 Å². The molecule has 1 heterocycles. The first-order chi connectivity index (χ1) is 10.6. The summed E-state index contributed by atoms with van der Waals surface area (Å²) in [4.78, 5) is 0. The van der Waals surface area contributed by atoms with Crippen LogP contribution in [0.1, 0.15) is 23.4 Å². The Balaban J connectivity index is 1.80. The van der Waals surface area contributed by atoms with Crippen molar-refractivity contribution >= 4 is 0 Å². The van der Waals surface area contributed by atoms with Crippen LogP contribution in [0.15, 0.2) is 24.3 Å². The number of aromatic nitrogens is 2. The van der Waals surface area contributed by atoms with Crippen LogP contribution in [0.2, 0.25) is 0 Å². The number of benzene rings is 1. The molecule has 2 rings (SSSR count). The fraction of sp³-hybridized carbons (Fsp3) is 0.471. The number of ether oxygens (including phenoxy) is 2. The highest BCUT2D eigenvalue weighted by Gasteiger charge is 2.05. The average Bonchev–Trinajstić information content (AvgIpc) is 2.84. The lowest BCUT2D eigenvalue weighted by Gasteiger charge is -2.11. The van der Waals surface area contributed by atoms with Gasteiger partial charge in [-0.15, -0.1) is 0 Å². The van der Waals surface area contributed by atoms with Crippen LogP contribution < -0.4 is 14.8 Å². The van der Waals surface area contributed by atoms with Gasteiger partial charge in [0.15, 0.2) is 0 Å². The summed E-state index contributed by atoms with van der Waals surface area (Å²) < 4.78 is 12.7. The van der Waals surface area contributed by atoms with E-state index < -0.39 is 0 Å². The lowest BCUT2D eigenvalue weighted by Crippen LogP contribution is -2.17. The quantitative estimate of drug-likeness (QED) is 0.762. The highest BCUT2D eigenvalue weighted by Crippen LogP contribution is 2.23. The molecule has 2 aromatic rings. The zero-order valence-corrected chi connectivity index (χ0v) is 13.8. The number of rotatable bonds is 8. The van der Waals surface area contributed by atoms with Crippen molar-refractivity contribution in [3.05, 3.63) is 41.2 Å². The molecule has 120 valence electrons. The Labute approximate surface area is 132 Å². The second kappa shape index (κ2) is 7.84. The van der Waals surface area contributed by atoms with Gasteiger partial charge >= 0.3 is 0 Å². The summed E-state index contributed by atoms with van der Waals surface area (Å²) in [6.07, 6.45) is 1.04. The Morgan fingerprint density at radius 3 is 2.59 bits per heavy atom. The minimum absolute atomic E-state index is 0.761. The van der Waals surface area contributed by atoms with Gasteiger partial charge in [-0.25, -0.2) is 0 Å². The number of aryl methyl sites for hydroxylation is 3. The average molecular weight is 303 g/mol. The van der Waals surface area contributed by atoms with Crippen LogP contribution >= 0.6 is 0 Å².